The maximum Gasteiger partial charge on any atom is 0.0637 e. The summed E-state index contributed by atoms with van der Waals surface area (Å²) in [4.78, 5) is 13.1. The Bertz CT molecular complexity index is 713. The van der Waals surface area contributed by atoms with Crippen LogP contribution in [0, 0.1) is 0 Å². The molecule has 3 heteroatoms. The van der Waals surface area contributed by atoms with Crippen LogP contribution in [0.25, 0.3) is 24.3 Å². The van der Waals surface area contributed by atoms with Crippen LogP contribution in [0.2, 0.25) is 0 Å². The fourth-order valence-corrected chi connectivity index (χ4v) is 1.95. The van der Waals surface area contributed by atoms with Crippen LogP contribution in [0.15, 0.2) is 67.0 Å². The summed E-state index contributed by atoms with van der Waals surface area (Å²) in [7, 11) is 0. The molecule has 0 radical (unpaired) electrons. The lowest BCUT2D eigenvalue weighted by molar-refractivity contribution is 1.26. The van der Waals surface area contributed by atoms with Gasteiger partial charge < -0.3 is 0 Å². The van der Waals surface area contributed by atoms with Crippen LogP contribution >= 0.6 is 0 Å². The topological polar surface area (TPSA) is 38.7 Å². The Morgan fingerprint density at radius 3 is 1.41 bits per heavy atom. The van der Waals surface area contributed by atoms with Gasteiger partial charge >= 0.3 is 0 Å². The molecule has 0 saturated heterocycles. The first kappa shape index (κ1) is 13.9. The lowest BCUT2D eigenvalue weighted by Crippen LogP contribution is -1.85. The molecule has 0 spiro atoms. The summed E-state index contributed by atoms with van der Waals surface area (Å²) in [6, 6.07) is 17.6. The number of pyridine rings is 3. The van der Waals surface area contributed by atoms with Gasteiger partial charge in [0, 0.05) is 12.4 Å². The summed E-state index contributed by atoms with van der Waals surface area (Å²) in [5.41, 5.74) is 3.63. The van der Waals surface area contributed by atoms with Gasteiger partial charge in [-0.15, -0.1) is 0 Å². The molecule has 3 nitrogen and oxygen atoms in total. The fourth-order valence-electron chi connectivity index (χ4n) is 1.95. The molecule has 0 atom stereocenters. The van der Waals surface area contributed by atoms with Crippen LogP contribution < -0.4 is 0 Å². The molecule has 3 rings (SSSR count). The van der Waals surface area contributed by atoms with Crippen molar-refractivity contribution in [2.45, 2.75) is 0 Å². The van der Waals surface area contributed by atoms with Crippen LogP contribution in [-0.4, -0.2) is 15.0 Å². The quantitative estimate of drug-likeness (QED) is 0.720. The molecule has 0 N–H and O–H groups in total. The number of nitrogens with zero attached hydrogens (tertiary/aromatic N) is 3. The molecule has 3 aromatic heterocycles. The van der Waals surface area contributed by atoms with Gasteiger partial charge in [0.05, 0.1) is 22.8 Å². The normalized spacial score (nSPS) is 11.3. The van der Waals surface area contributed by atoms with Crippen molar-refractivity contribution in [3.8, 4) is 0 Å². The van der Waals surface area contributed by atoms with Crippen molar-refractivity contribution in [1.29, 1.82) is 0 Å². The first-order valence-corrected chi connectivity index (χ1v) is 7.05. The van der Waals surface area contributed by atoms with Gasteiger partial charge in [-0.05, 0) is 60.7 Å². The summed E-state index contributed by atoms with van der Waals surface area (Å²) in [6.07, 6.45) is 11.4. The molecule has 0 aliphatic heterocycles. The van der Waals surface area contributed by atoms with E-state index in [4.69, 9.17) is 0 Å². The molecule has 0 fully saturated rings. The predicted molar refractivity (Wildman–Crippen MR) is 90.6 cm³/mol. The second kappa shape index (κ2) is 7.09. The molecule has 22 heavy (non-hydrogen) atoms. The number of rotatable bonds is 4. The van der Waals surface area contributed by atoms with Gasteiger partial charge in [-0.2, -0.15) is 0 Å². The Morgan fingerprint density at radius 1 is 0.500 bits per heavy atom. The highest BCUT2D eigenvalue weighted by atomic mass is 14.7. The van der Waals surface area contributed by atoms with Crippen LogP contribution in [0.1, 0.15) is 22.8 Å². The Morgan fingerprint density at radius 2 is 0.955 bits per heavy atom. The van der Waals surface area contributed by atoms with Crippen molar-refractivity contribution in [1.82, 2.24) is 15.0 Å². The Balaban J connectivity index is 1.75. The minimum Gasteiger partial charge on any atom is -0.257 e. The molecule has 0 unspecified atom stereocenters. The van der Waals surface area contributed by atoms with E-state index in [2.05, 4.69) is 15.0 Å². The molecule has 0 aliphatic rings. The number of hydrogen-bond donors (Lipinski definition) is 0. The van der Waals surface area contributed by atoms with Crippen molar-refractivity contribution in [2.75, 3.05) is 0 Å². The molecule has 0 aliphatic carbocycles. The highest BCUT2D eigenvalue weighted by molar-refractivity contribution is 5.69. The van der Waals surface area contributed by atoms with Crippen molar-refractivity contribution >= 4 is 24.3 Å². The highest BCUT2D eigenvalue weighted by Gasteiger charge is 1.93. The summed E-state index contributed by atoms with van der Waals surface area (Å²) < 4.78 is 0. The van der Waals surface area contributed by atoms with E-state index in [9.17, 15) is 0 Å². The van der Waals surface area contributed by atoms with Gasteiger partial charge in [0.25, 0.3) is 0 Å². The third-order valence-corrected chi connectivity index (χ3v) is 3.02. The number of hydrogen-bond acceptors (Lipinski definition) is 3. The zero-order valence-corrected chi connectivity index (χ0v) is 12.0. The zero-order valence-electron chi connectivity index (χ0n) is 12.0. The monoisotopic (exact) mass is 285 g/mol. The van der Waals surface area contributed by atoms with Crippen molar-refractivity contribution in [2.24, 2.45) is 0 Å². The largest absolute Gasteiger partial charge is 0.257 e. The third-order valence-electron chi connectivity index (χ3n) is 3.02. The van der Waals surface area contributed by atoms with Crippen LogP contribution in [0.5, 0.6) is 0 Å². The van der Waals surface area contributed by atoms with E-state index in [0.29, 0.717) is 0 Å². The van der Waals surface area contributed by atoms with Crippen LogP contribution in [-0.2, 0) is 0 Å². The summed E-state index contributed by atoms with van der Waals surface area (Å²) >= 11 is 0. The van der Waals surface area contributed by atoms with E-state index in [-0.39, 0.29) is 0 Å². The smallest absolute Gasteiger partial charge is 0.0637 e. The molecule has 0 aromatic carbocycles. The summed E-state index contributed by atoms with van der Waals surface area (Å²) in [5.74, 6) is 0. The maximum atomic E-state index is 4.57. The average molecular weight is 285 g/mol. The second-order valence-corrected chi connectivity index (χ2v) is 4.66. The van der Waals surface area contributed by atoms with E-state index >= 15 is 0 Å². The molecule has 0 saturated carbocycles. The fraction of sp³-hybridized carbons (Fsp3) is 0. The van der Waals surface area contributed by atoms with Crippen molar-refractivity contribution in [3.05, 3.63) is 89.8 Å². The van der Waals surface area contributed by atoms with Gasteiger partial charge in [0.15, 0.2) is 0 Å². The Kier molecular flexibility index (Phi) is 4.47. The first-order valence-electron chi connectivity index (χ1n) is 7.05. The highest BCUT2D eigenvalue weighted by Crippen LogP contribution is 2.08. The molecule has 106 valence electrons. The molecular formula is C19H15N3. The van der Waals surface area contributed by atoms with Gasteiger partial charge in [-0.1, -0.05) is 18.2 Å². The lowest BCUT2D eigenvalue weighted by atomic mass is 10.2. The maximum absolute atomic E-state index is 4.57. The zero-order chi connectivity index (χ0) is 15.0. The van der Waals surface area contributed by atoms with E-state index < -0.39 is 0 Å². The first-order chi connectivity index (χ1) is 10.9. The van der Waals surface area contributed by atoms with E-state index in [1.807, 2.05) is 78.9 Å². The SMILES string of the molecule is C(=C\c1cccc(/C=C/c2ccccn2)n1)/c1ccccn1. The van der Waals surface area contributed by atoms with Gasteiger partial charge in [-0.3, -0.25) is 9.97 Å². The van der Waals surface area contributed by atoms with E-state index in [0.717, 1.165) is 22.8 Å². The van der Waals surface area contributed by atoms with Crippen LogP contribution in [0.4, 0.5) is 0 Å². The Hall–Kier alpha value is -3.07. The third kappa shape index (κ3) is 3.96. The van der Waals surface area contributed by atoms with Crippen molar-refractivity contribution in [3.63, 3.8) is 0 Å². The predicted octanol–water partition coefficient (Wildman–Crippen LogP) is 4.21. The minimum atomic E-state index is 0.897. The second-order valence-electron chi connectivity index (χ2n) is 4.66. The molecule has 0 amide bonds. The molecule has 3 aromatic rings. The van der Waals surface area contributed by atoms with E-state index in [1.54, 1.807) is 12.4 Å². The summed E-state index contributed by atoms with van der Waals surface area (Å²) in [6.45, 7) is 0. The van der Waals surface area contributed by atoms with Crippen LogP contribution in [0.3, 0.4) is 0 Å². The van der Waals surface area contributed by atoms with Crippen molar-refractivity contribution < 1.29 is 0 Å². The van der Waals surface area contributed by atoms with E-state index in [1.165, 1.54) is 0 Å². The standard InChI is InChI=1S/C19H15N3/c1-3-14-20-16(6-1)10-12-18-8-5-9-19(22-18)13-11-17-7-2-4-15-21-17/h1-15H/b12-10+,13-11+. The lowest BCUT2D eigenvalue weighted by Gasteiger charge is -1.97. The molecule has 3 heterocycles. The average Bonchev–Trinajstić information content (AvgIpc) is 2.60. The van der Waals surface area contributed by atoms with Gasteiger partial charge in [-0.25, -0.2) is 4.98 Å². The molecular weight excluding hydrogens is 270 g/mol. The Labute approximate surface area is 129 Å². The minimum absolute atomic E-state index is 0.897. The van der Waals surface area contributed by atoms with Gasteiger partial charge in [0.1, 0.15) is 0 Å². The summed E-state index contributed by atoms with van der Waals surface area (Å²) in [5, 5.41) is 0. The van der Waals surface area contributed by atoms with Gasteiger partial charge in [0.2, 0.25) is 0 Å². The number of aromatic nitrogens is 3. The molecule has 0 bridgehead atoms.